The molecule has 1 aromatic heterocycles. The van der Waals surface area contributed by atoms with Crippen LogP contribution in [0.2, 0.25) is 0 Å². The van der Waals surface area contributed by atoms with E-state index in [2.05, 4.69) is 51.1 Å². The number of rotatable bonds is 6. The first-order valence-corrected chi connectivity index (χ1v) is 10.7. The average Bonchev–Trinajstić information content (AvgIpc) is 3.26. The molecular formula is C26H23N5O. The standard InChI is InChI=1S/C26H23N5O/c32-24(17-16-19-10-4-1-5-11-19)28-25-29-26-27-22(20-12-6-2-7-13-20)18-23(31(26)30-25)21-14-8-3-9-15-21/h1-15,18,23H,16-17H2,(H2,27,28,29,30,32)/t23-/m1/s1. The summed E-state index contributed by atoms with van der Waals surface area (Å²) < 4.78 is 1.81. The van der Waals surface area contributed by atoms with Crippen LogP contribution >= 0.6 is 0 Å². The summed E-state index contributed by atoms with van der Waals surface area (Å²) >= 11 is 0. The fourth-order valence-electron chi connectivity index (χ4n) is 3.81. The Morgan fingerprint density at radius 1 is 0.906 bits per heavy atom. The molecule has 0 aliphatic carbocycles. The molecule has 5 rings (SSSR count). The van der Waals surface area contributed by atoms with Crippen molar-refractivity contribution < 1.29 is 4.79 Å². The molecule has 0 radical (unpaired) electrons. The molecule has 0 fully saturated rings. The molecule has 0 spiro atoms. The first-order chi connectivity index (χ1) is 15.8. The van der Waals surface area contributed by atoms with E-state index >= 15 is 0 Å². The number of nitrogens with zero attached hydrogens (tertiary/aromatic N) is 3. The maximum atomic E-state index is 12.5. The summed E-state index contributed by atoms with van der Waals surface area (Å²) in [5, 5.41) is 10.8. The summed E-state index contributed by atoms with van der Waals surface area (Å²) in [6, 6.07) is 30.1. The summed E-state index contributed by atoms with van der Waals surface area (Å²) in [5.74, 6) is 0.789. The second-order valence-electron chi connectivity index (χ2n) is 7.66. The molecule has 3 aromatic carbocycles. The number of amides is 1. The average molecular weight is 422 g/mol. The van der Waals surface area contributed by atoms with Gasteiger partial charge in [-0.2, -0.15) is 4.98 Å². The number of allylic oxidation sites excluding steroid dienone is 1. The Balaban J connectivity index is 1.38. The highest BCUT2D eigenvalue weighted by Crippen LogP contribution is 2.33. The van der Waals surface area contributed by atoms with Crippen LogP contribution in [0, 0.1) is 0 Å². The van der Waals surface area contributed by atoms with Crippen molar-refractivity contribution in [1.29, 1.82) is 0 Å². The fourth-order valence-corrected chi connectivity index (χ4v) is 3.81. The van der Waals surface area contributed by atoms with Crippen LogP contribution in [-0.2, 0) is 11.2 Å². The topological polar surface area (TPSA) is 71.8 Å². The molecule has 158 valence electrons. The van der Waals surface area contributed by atoms with Crippen LogP contribution < -0.4 is 10.6 Å². The molecule has 0 saturated heterocycles. The van der Waals surface area contributed by atoms with Gasteiger partial charge in [0.2, 0.25) is 11.9 Å². The SMILES string of the molecule is O=C(CCc1ccccc1)Nc1nc2n(n1)[C@@H](c1ccccc1)C=C(c1ccccc1)N2. The number of carbonyl (C=O) groups is 1. The van der Waals surface area contributed by atoms with Gasteiger partial charge in [-0.1, -0.05) is 91.0 Å². The minimum atomic E-state index is -0.134. The van der Waals surface area contributed by atoms with Crippen LogP contribution in [0.15, 0.2) is 97.1 Å². The first-order valence-electron chi connectivity index (χ1n) is 10.7. The van der Waals surface area contributed by atoms with Crippen molar-refractivity contribution in [3.8, 4) is 0 Å². The minimum absolute atomic E-state index is 0.107. The van der Waals surface area contributed by atoms with E-state index in [0.29, 0.717) is 24.7 Å². The van der Waals surface area contributed by atoms with Gasteiger partial charge in [0.05, 0.1) is 0 Å². The summed E-state index contributed by atoms with van der Waals surface area (Å²) in [5.41, 5.74) is 4.25. The lowest BCUT2D eigenvalue weighted by Crippen LogP contribution is -2.20. The Morgan fingerprint density at radius 3 is 2.28 bits per heavy atom. The van der Waals surface area contributed by atoms with Gasteiger partial charge in [0, 0.05) is 12.1 Å². The highest BCUT2D eigenvalue weighted by atomic mass is 16.1. The maximum Gasteiger partial charge on any atom is 0.250 e. The summed E-state index contributed by atoms with van der Waals surface area (Å²) in [4.78, 5) is 17.1. The quantitative estimate of drug-likeness (QED) is 0.464. The number of aryl methyl sites for hydroxylation is 1. The third-order valence-electron chi connectivity index (χ3n) is 5.43. The molecule has 4 aromatic rings. The predicted octanol–water partition coefficient (Wildman–Crippen LogP) is 4.91. The molecule has 32 heavy (non-hydrogen) atoms. The molecule has 6 nitrogen and oxygen atoms in total. The van der Waals surface area contributed by atoms with Gasteiger partial charge in [-0.3, -0.25) is 10.1 Å². The zero-order chi connectivity index (χ0) is 21.8. The Morgan fingerprint density at radius 2 is 1.56 bits per heavy atom. The van der Waals surface area contributed by atoms with E-state index in [4.69, 9.17) is 0 Å². The van der Waals surface area contributed by atoms with E-state index in [-0.39, 0.29) is 11.9 Å². The van der Waals surface area contributed by atoms with E-state index < -0.39 is 0 Å². The molecule has 2 N–H and O–H groups in total. The lowest BCUT2D eigenvalue weighted by molar-refractivity contribution is -0.116. The minimum Gasteiger partial charge on any atom is -0.324 e. The molecule has 2 heterocycles. The Hall–Kier alpha value is -4.19. The van der Waals surface area contributed by atoms with Crippen LogP contribution in [0.4, 0.5) is 11.9 Å². The lowest BCUT2D eigenvalue weighted by Gasteiger charge is -2.24. The summed E-state index contributed by atoms with van der Waals surface area (Å²) in [6.07, 6.45) is 3.18. The van der Waals surface area contributed by atoms with Crippen molar-refractivity contribution in [2.24, 2.45) is 0 Å². The van der Waals surface area contributed by atoms with Gasteiger partial charge >= 0.3 is 0 Å². The van der Waals surface area contributed by atoms with Gasteiger partial charge in [-0.05, 0) is 29.2 Å². The van der Waals surface area contributed by atoms with Crippen molar-refractivity contribution >= 4 is 23.5 Å². The van der Waals surface area contributed by atoms with E-state index in [1.165, 1.54) is 0 Å². The third kappa shape index (κ3) is 4.30. The number of hydrogen-bond donors (Lipinski definition) is 2. The van der Waals surface area contributed by atoms with Gasteiger partial charge in [-0.15, -0.1) is 5.10 Å². The van der Waals surface area contributed by atoms with E-state index in [1.807, 2.05) is 71.4 Å². The summed E-state index contributed by atoms with van der Waals surface area (Å²) in [6.45, 7) is 0. The Bertz CT molecular complexity index is 1230. The zero-order valence-electron chi connectivity index (χ0n) is 17.5. The van der Waals surface area contributed by atoms with Gasteiger partial charge in [0.25, 0.3) is 5.95 Å². The fraction of sp³-hybridized carbons (Fsp3) is 0.115. The number of benzene rings is 3. The Labute approximate surface area is 186 Å². The maximum absolute atomic E-state index is 12.5. The van der Waals surface area contributed by atoms with Crippen LogP contribution in [-0.4, -0.2) is 20.7 Å². The molecule has 1 aliphatic rings. The van der Waals surface area contributed by atoms with E-state index in [0.717, 1.165) is 22.4 Å². The number of hydrogen-bond acceptors (Lipinski definition) is 4. The molecule has 0 bridgehead atoms. The number of aromatic nitrogens is 3. The normalized spacial score (nSPS) is 14.8. The zero-order valence-corrected chi connectivity index (χ0v) is 17.5. The second-order valence-corrected chi connectivity index (χ2v) is 7.66. The van der Waals surface area contributed by atoms with Crippen LogP contribution in [0.25, 0.3) is 5.70 Å². The molecule has 6 heteroatoms. The number of anilines is 2. The highest BCUT2D eigenvalue weighted by molar-refractivity contribution is 5.89. The lowest BCUT2D eigenvalue weighted by atomic mass is 10.0. The highest BCUT2D eigenvalue weighted by Gasteiger charge is 2.25. The van der Waals surface area contributed by atoms with Gasteiger partial charge < -0.3 is 5.32 Å². The monoisotopic (exact) mass is 421 g/mol. The number of carbonyl (C=O) groups excluding carboxylic acids is 1. The van der Waals surface area contributed by atoms with Crippen LogP contribution in [0.3, 0.4) is 0 Å². The van der Waals surface area contributed by atoms with E-state index in [1.54, 1.807) is 0 Å². The molecule has 1 amide bonds. The molecule has 1 aliphatic heterocycles. The third-order valence-corrected chi connectivity index (χ3v) is 5.43. The summed E-state index contributed by atoms with van der Waals surface area (Å²) in [7, 11) is 0. The number of nitrogens with one attached hydrogen (secondary N) is 2. The van der Waals surface area contributed by atoms with Crippen molar-refractivity contribution in [3.05, 3.63) is 114 Å². The largest absolute Gasteiger partial charge is 0.324 e. The first kappa shape index (κ1) is 19.8. The van der Waals surface area contributed by atoms with Gasteiger partial charge in [0.15, 0.2) is 0 Å². The molecular weight excluding hydrogens is 398 g/mol. The molecule has 0 unspecified atom stereocenters. The van der Waals surface area contributed by atoms with E-state index in [9.17, 15) is 4.79 Å². The second kappa shape index (κ2) is 8.89. The Kier molecular flexibility index (Phi) is 5.49. The van der Waals surface area contributed by atoms with Crippen LogP contribution in [0.1, 0.15) is 29.2 Å². The van der Waals surface area contributed by atoms with Crippen molar-refractivity contribution in [2.45, 2.75) is 18.9 Å². The number of fused-ring (bicyclic) bond motifs is 1. The van der Waals surface area contributed by atoms with Crippen molar-refractivity contribution in [1.82, 2.24) is 14.8 Å². The van der Waals surface area contributed by atoms with Gasteiger partial charge in [0.1, 0.15) is 6.04 Å². The van der Waals surface area contributed by atoms with Crippen molar-refractivity contribution in [3.63, 3.8) is 0 Å². The predicted molar refractivity (Wildman–Crippen MR) is 126 cm³/mol. The molecule has 0 saturated carbocycles. The van der Waals surface area contributed by atoms with Crippen molar-refractivity contribution in [2.75, 3.05) is 10.6 Å². The van der Waals surface area contributed by atoms with Gasteiger partial charge in [-0.25, -0.2) is 4.68 Å². The van der Waals surface area contributed by atoms with Crippen LogP contribution in [0.5, 0.6) is 0 Å². The molecule has 1 atom stereocenters. The smallest absolute Gasteiger partial charge is 0.250 e.